The Kier molecular flexibility index (Phi) is 6.73. The number of halogens is 3. The highest BCUT2D eigenvalue weighted by atomic mass is 35.5. The first-order valence-corrected chi connectivity index (χ1v) is 12.1. The van der Waals surface area contributed by atoms with Gasteiger partial charge in [-0.3, -0.25) is 4.90 Å². The number of thioether (sulfide) groups is 1. The molecule has 0 unspecified atom stereocenters. The van der Waals surface area contributed by atoms with E-state index < -0.39 is 0 Å². The average molecular weight is 469 g/mol. The van der Waals surface area contributed by atoms with E-state index in [2.05, 4.69) is 29.7 Å². The van der Waals surface area contributed by atoms with Crippen molar-refractivity contribution in [3.8, 4) is 5.75 Å². The predicted octanol–water partition coefficient (Wildman–Crippen LogP) is 6.11. The third-order valence-electron chi connectivity index (χ3n) is 5.82. The molecule has 0 amide bonds. The van der Waals surface area contributed by atoms with Gasteiger partial charge in [0.25, 0.3) is 0 Å². The van der Waals surface area contributed by atoms with Gasteiger partial charge in [-0.05, 0) is 49.1 Å². The van der Waals surface area contributed by atoms with E-state index in [1.807, 2.05) is 6.07 Å². The molecule has 2 aromatic carbocycles. The van der Waals surface area contributed by atoms with Crippen molar-refractivity contribution in [2.24, 2.45) is 0 Å². The number of rotatable bonds is 6. The van der Waals surface area contributed by atoms with E-state index in [4.69, 9.17) is 27.9 Å². The van der Waals surface area contributed by atoms with Crippen LogP contribution < -0.4 is 9.64 Å². The molecular weight excluding hydrogens is 442 g/mol. The van der Waals surface area contributed by atoms with Gasteiger partial charge < -0.3 is 9.64 Å². The highest BCUT2D eigenvalue weighted by molar-refractivity contribution is 7.99. The summed E-state index contributed by atoms with van der Waals surface area (Å²) in [5.74, 6) is 1.68. The van der Waals surface area contributed by atoms with Crippen molar-refractivity contribution in [1.29, 1.82) is 0 Å². The number of benzene rings is 2. The van der Waals surface area contributed by atoms with Gasteiger partial charge in [-0.15, -0.1) is 11.8 Å². The monoisotopic (exact) mass is 468 g/mol. The van der Waals surface area contributed by atoms with Crippen molar-refractivity contribution in [2.45, 2.75) is 30.6 Å². The highest BCUT2D eigenvalue weighted by Gasteiger charge is 2.35. The van der Waals surface area contributed by atoms with E-state index in [1.54, 1.807) is 17.8 Å². The second-order valence-corrected chi connectivity index (χ2v) is 10.6. The molecular formula is C23H27Cl2FN2OS. The zero-order chi connectivity index (χ0) is 21.3. The zero-order valence-corrected chi connectivity index (χ0v) is 19.7. The van der Waals surface area contributed by atoms with Gasteiger partial charge in [0.2, 0.25) is 0 Å². The Morgan fingerprint density at radius 1 is 1.10 bits per heavy atom. The quantitative estimate of drug-likeness (QED) is 0.375. The van der Waals surface area contributed by atoms with Gasteiger partial charge in [0.1, 0.15) is 11.6 Å². The third kappa shape index (κ3) is 4.85. The Bertz CT molecular complexity index is 916. The lowest BCUT2D eigenvalue weighted by Gasteiger charge is -2.36. The lowest BCUT2D eigenvalue weighted by molar-refractivity contribution is 0.257. The molecule has 2 aliphatic heterocycles. The summed E-state index contributed by atoms with van der Waals surface area (Å²) in [4.78, 5) is 5.84. The van der Waals surface area contributed by atoms with Gasteiger partial charge in [0, 0.05) is 47.1 Å². The van der Waals surface area contributed by atoms with Crippen molar-refractivity contribution < 1.29 is 9.13 Å². The molecule has 2 heterocycles. The number of piperazine rings is 1. The molecule has 1 fully saturated rings. The lowest BCUT2D eigenvalue weighted by Crippen LogP contribution is -2.46. The number of ether oxygens (including phenoxy) is 1. The molecule has 162 valence electrons. The van der Waals surface area contributed by atoms with Crippen LogP contribution >= 0.6 is 35.0 Å². The SMILES string of the molecule is CC1(C)COc2c(N3CCN(CCCSc4ccc(F)cc4Cl)CC3)cc(Cl)cc21. The van der Waals surface area contributed by atoms with Gasteiger partial charge in [0.15, 0.2) is 0 Å². The molecule has 3 nitrogen and oxygen atoms in total. The van der Waals surface area contributed by atoms with Crippen LogP contribution in [0, 0.1) is 5.82 Å². The Balaban J connectivity index is 1.28. The smallest absolute Gasteiger partial charge is 0.146 e. The summed E-state index contributed by atoms with van der Waals surface area (Å²) in [6.07, 6.45) is 1.07. The third-order valence-corrected chi connectivity index (χ3v) is 7.63. The molecule has 0 aliphatic carbocycles. The maximum atomic E-state index is 13.1. The number of hydrogen-bond acceptors (Lipinski definition) is 4. The summed E-state index contributed by atoms with van der Waals surface area (Å²) >= 11 is 14.2. The number of anilines is 1. The summed E-state index contributed by atoms with van der Waals surface area (Å²) in [5, 5.41) is 1.27. The lowest BCUT2D eigenvalue weighted by atomic mass is 9.86. The molecule has 7 heteroatoms. The summed E-state index contributed by atoms with van der Waals surface area (Å²) < 4.78 is 19.2. The van der Waals surface area contributed by atoms with E-state index in [9.17, 15) is 4.39 Å². The van der Waals surface area contributed by atoms with Crippen LogP contribution in [0.25, 0.3) is 0 Å². The second-order valence-electron chi connectivity index (χ2n) is 8.58. The van der Waals surface area contributed by atoms with Crippen molar-refractivity contribution in [1.82, 2.24) is 4.90 Å². The summed E-state index contributed by atoms with van der Waals surface area (Å²) in [7, 11) is 0. The maximum Gasteiger partial charge on any atom is 0.146 e. The van der Waals surface area contributed by atoms with Crippen LogP contribution in [-0.2, 0) is 5.41 Å². The van der Waals surface area contributed by atoms with Gasteiger partial charge in [-0.1, -0.05) is 37.0 Å². The predicted molar refractivity (Wildman–Crippen MR) is 125 cm³/mol. The molecule has 0 radical (unpaired) electrons. The van der Waals surface area contributed by atoms with Gasteiger partial charge >= 0.3 is 0 Å². The minimum Gasteiger partial charge on any atom is -0.490 e. The number of fused-ring (bicyclic) bond motifs is 1. The van der Waals surface area contributed by atoms with Crippen molar-refractivity contribution in [3.63, 3.8) is 0 Å². The first kappa shape index (κ1) is 22.1. The molecule has 0 spiro atoms. The number of nitrogens with zero attached hydrogens (tertiary/aromatic N) is 2. The Hall–Kier alpha value is -1.14. The summed E-state index contributed by atoms with van der Waals surface area (Å²) in [5.41, 5.74) is 2.34. The highest BCUT2D eigenvalue weighted by Crippen LogP contribution is 2.46. The first-order chi connectivity index (χ1) is 14.3. The topological polar surface area (TPSA) is 15.7 Å². The zero-order valence-electron chi connectivity index (χ0n) is 17.4. The van der Waals surface area contributed by atoms with Crippen LogP contribution in [0.5, 0.6) is 5.75 Å². The van der Waals surface area contributed by atoms with Crippen LogP contribution in [0.2, 0.25) is 10.0 Å². The van der Waals surface area contributed by atoms with E-state index in [0.29, 0.717) is 11.6 Å². The largest absolute Gasteiger partial charge is 0.490 e. The molecule has 30 heavy (non-hydrogen) atoms. The Morgan fingerprint density at radius 3 is 2.60 bits per heavy atom. The van der Waals surface area contributed by atoms with Gasteiger partial charge in [-0.25, -0.2) is 4.39 Å². The van der Waals surface area contributed by atoms with Crippen LogP contribution in [0.15, 0.2) is 35.2 Å². The molecule has 4 rings (SSSR count). The fraction of sp³-hybridized carbons (Fsp3) is 0.478. The van der Waals surface area contributed by atoms with Crippen molar-refractivity contribution in [3.05, 3.63) is 51.8 Å². The van der Waals surface area contributed by atoms with Crippen molar-refractivity contribution in [2.75, 3.05) is 50.0 Å². The second kappa shape index (κ2) is 9.15. The maximum absolute atomic E-state index is 13.1. The molecule has 0 saturated carbocycles. The van der Waals surface area contributed by atoms with Crippen LogP contribution in [-0.4, -0.2) is 50.0 Å². The molecule has 0 atom stereocenters. The van der Waals surface area contributed by atoms with E-state index >= 15 is 0 Å². The van der Waals surface area contributed by atoms with Crippen LogP contribution in [0.4, 0.5) is 10.1 Å². The summed E-state index contributed by atoms with van der Waals surface area (Å²) in [6, 6.07) is 8.69. The van der Waals surface area contributed by atoms with Crippen LogP contribution in [0.3, 0.4) is 0 Å². The van der Waals surface area contributed by atoms with Crippen LogP contribution in [0.1, 0.15) is 25.8 Å². The first-order valence-electron chi connectivity index (χ1n) is 10.4. The Labute approximate surface area is 192 Å². The minimum atomic E-state index is -0.290. The molecule has 2 aromatic rings. The molecule has 1 saturated heterocycles. The molecule has 0 N–H and O–H groups in total. The Morgan fingerprint density at radius 2 is 1.87 bits per heavy atom. The fourth-order valence-electron chi connectivity index (χ4n) is 4.07. The van der Waals surface area contributed by atoms with Gasteiger partial charge in [0.05, 0.1) is 17.3 Å². The number of hydrogen-bond donors (Lipinski definition) is 0. The average Bonchev–Trinajstić information content (AvgIpc) is 3.01. The van der Waals surface area contributed by atoms with Gasteiger partial charge in [-0.2, -0.15) is 0 Å². The normalized spacial score (nSPS) is 18.4. The molecule has 0 bridgehead atoms. The fourth-order valence-corrected chi connectivity index (χ4v) is 5.47. The minimum absolute atomic E-state index is 0.00188. The van der Waals surface area contributed by atoms with E-state index in [1.165, 1.54) is 17.7 Å². The van der Waals surface area contributed by atoms with E-state index in [-0.39, 0.29) is 11.2 Å². The molecule has 0 aromatic heterocycles. The van der Waals surface area contributed by atoms with E-state index in [0.717, 1.165) is 66.3 Å². The molecule has 2 aliphatic rings. The summed E-state index contributed by atoms with van der Waals surface area (Å²) in [6.45, 7) is 10.1. The standard InChI is InChI=1S/C23H27Cl2FN2OS/c1-23(2)15-29-22-18(23)12-16(24)13-20(22)28-9-7-27(8-10-28)6-3-11-30-21-5-4-17(26)14-19(21)25/h4-5,12-14H,3,6-11,15H2,1-2H3. The van der Waals surface area contributed by atoms with Crippen molar-refractivity contribution >= 4 is 40.7 Å².